The molecular formula is C25H22N4O4. The molecule has 4 aromatic rings. The molecule has 5 rings (SSSR count). The molecule has 3 aromatic carbocycles. The summed E-state index contributed by atoms with van der Waals surface area (Å²) in [6.45, 7) is 0.498. The van der Waals surface area contributed by atoms with Crippen molar-refractivity contribution >= 4 is 28.3 Å². The number of carbonyl (C=O) groups excluding carboxylic acids is 1. The van der Waals surface area contributed by atoms with Crippen LogP contribution in [0.5, 0.6) is 5.75 Å². The molecule has 0 bridgehead atoms. The third-order valence-electron chi connectivity index (χ3n) is 6.04. The lowest BCUT2D eigenvalue weighted by atomic mass is 9.92. The standard InChI is InChI=1S/C25H22N4O4/c1-33-19-11-12-22-21(15-19)20-13-14-28(25(30)26-17-5-3-2-4-6-17)24(23(20)27-22)16-7-9-18(10-8-16)29(31)32/h2-12,15,24,27H,13-14H2,1H3,(H,26,30). The number of carbonyl (C=O) groups is 1. The number of urea groups is 1. The maximum Gasteiger partial charge on any atom is 0.322 e. The second kappa shape index (κ2) is 8.31. The zero-order valence-corrected chi connectivity index (χ0v) is 17.9. The van der Waals surface area contributed by atoms with Gasteiger partial charge in [-0.1, -0.05) is 18.2 Å². The lowest BCUT2D eigenvalue weighted by molar-refractivity contribution is -0.384. The second-order valence-electron chi connectivity index (χ2n) is 7.92. The summed E-state index contributed by atoms with van der Waals surface area (Å²) in [5.74, 6) is 0.764. The molecule has 1 unspecified atom stereocenters. The number of hydrogen-bond donors (Lipinski definition) is 2. The van der Waals surface area contributed by atoms with Gasteiger partial charge in [0.25, 0.3) is 5.69 Å². The molecule has 1 aliphatic rings. The fourth-order valence-corrected chi connectivity index (χ4v) is 4.46. The van der Waals surface area contributed by atoms with Gasteiger partial charge in [0.15, 0.2) is 0 Å². The number of amides is 2. The third kappa shape index (κ3) is 3.76. The van der Waals surface area contributed by atoms with Gasteiger partial charge >= 0.3 is 6.03 Å². The van der Waals surface area contributed by atoms with Crippen molar-refractivity contribution in [1.82, 2.24) is 9.88 Å². The van der Waals surface area contributed by atoms with E-state index in [4.69, 9.17) is 4.74 Å². The first-order valence-corrected chi connectivity index (χ1v) is 10.6. The Balaban J connectivity index is 1.59. The summed E-state index contributed by atoms with van der Waals surface area (Å²) < 4.78 is 5.40. The van der Waals surface area contributed by atoms with Crippen molar-refractivity contribution in [1.29, 1.82) is 0 Å². The van der Waals surface area contributed by atoms with E-state index in [1.165, 1.54) is 12.1 Å². The molecule has 2 amide bonds. The van der Waals surface area contributed by atoms with E-state index in [1.807, 2.05) is 48.5 Å². The maximum absolute atomic E-state index is 13.3. The number of ether oxygens (including phenoxy) is 1. The molecule has 33 heavy (non-hydrogen) atoms. The Bertz CT molecular complexity index is 1330. The summed E-state index contributed by atoms with van der Waals surface area (Å²) >= 11 is 0. The number of nitrogens with zero attached hydrogens (tertiary/aromatic N) is 2. The number of nitrogens with one attached hydrogen (secondary N) is 2. The average molecular weight is 442 g/mol. The van der Waals surface area contributed by atoms with Gasteiger partial charge in [-0.25, -0.2) is 4.79 Å². The molecule has 2 heterocycles. The molecule has 0 radical (unpaired) electrons. The number of H-pyrrole nitrogens is 1. The summed E-state index contributed by atoms with van der Waals surface area (Å²) in [5.41, 5.74) is 4.49. The van der Waals surface area contributed by atoms with E-state index < -0.39 is 11.0 Å². The number of hydrogen-bond acceptors (Lipinski definition) is 4. The highest BCUT2D eigenvalue weighted by molar-refractivity contribution is 5.91. The lowest BCUT2D eigenvalue weighted by Gasteiger charge is -2.36. The predicted molar refractivity (Wildman–Crippen MR) is 126 cm³/mol. The van der Waals surface area contributed by atoms with Crippen LogP contribution in [0.4, 0.5) is 16.2 Å². The van der Waals surface area contributed by atoms with Crippen molar-refractivity contribution in [2.45, 2.75) is 12.5 Å². The van der Waals surface area contributed by atoms with E-state index in [9.17, 15) is 14.9 Å². The molecule has 1 aromatic heterocycles. The monoisotopic (exact) mass is 442 g/mol. The molecule has 1 aliphatic heterocycles. The van der Waals surface area contributed by atoms with Crippen LogP contribution in [0.3, 0.4) is 0 Å². The number of methoxy groups -OCH3 is 1. The molecule has 0 spiro atoms. The van der Waals surface area contributed by atoms with Crippen LogP contribution in [-0.2, 0) is 6.42 Å². The topological polar surface area (TPSA) is 100 Å². The summed E-state index contributed by atoms with van der Waals surface area (Å²) in [5, 5.41) is 15.2. The number of nitro benzene ring substituents is 1. The van der Waals surface area contributed by atoms with Gasteiger partial charge in [0, 0.05) is 41.0 Å². The van der Waals surface area contributed by atoms with Crippen molar-refractivity contribution < 1.29 is 14.5 Å². The Hall–Kier alpha value is -4.33. The minimum absolute atomic E-state index is 0.0106. The highest BCUT2D eigenvalue weighted by atomic mass is 16.6. The highest BCUT2D eigenvalue weighted by Gasteiger charge is 2.35. The van der Waals surface area contributed by atoms with Crippen molar-refractivity contribution in [3.63, 3.8) is 0 Å². The molecule has 8 heteroatoms. The van der Waals surface area contributed by atoms with Crippen LogP contribution in [0.1, 0.15) is 22.9 Å². The van der Waals surface area contributed by atoms with Crippen LogP contribution in [0.25, 0.3) is 10.9 Å². The number of rotatable bonds is 4. The zero-order valence-electron chi connectivity index (χ0n) is 17.9. The fraction of sp³-hybridized carbons (Fsp3) is 0.160. The molecule has 0 saturated carbocycles. The minimum Gasteiger partial charge on any atom is -0.497 e. The number of nitro groups is 1. The van der Waals surface area contributed by atoms with Gasteiger partial charge in [-0.05, 0) is 60.0 Å². The zero-order chi connectivity index (χ0) is 22.9. The van der Waals surface area contributed by atoms with Gasteiger partial charge in [0.1, 0.15) is 5.75 Å². The van der Waals surface area contributed by atoms with Gasteiger partial charge in [0.2, 0.25) is 0 Å². The molecule has 2 N–H and O–H groups in total. The lowest BCUT2D eigenvalue weighted by Crippen LogP contribution is -2.43. The first-order chi connectivity index (χ1) is 16.0. The van der Waals surface area contributed by atoms with E-state index in [0.29, 0.717) is 18.7 Å². The van der Waals surface area contributed by atoms with Gasteiger partial charge in [-0.3, -0.25) is 10.1 Å². The Morgan fingerprint density at radius 2 is 1.88 bits per heavy atom. The Morgan fingerprint density at radius 3 is 2.58 bits per heavy atom. The fourth-order valence-electron chi connectivity index (χ4n) is 4.46. The maximum atomic E-state index is 13.3. The number of fused-ring (bicyclic) bond motifs is 3. The summed E-state index contributed by atoms with van der Waals surface area (Å²) in [7, 11) is 1.63. The molecule has 8 nitrogen and oxygen atoms in total. The van der Waals surface area contributed by atoms with Gasteiger partial charge in [0.05, 0.1) is 18.1 Å². The first-order valence-electron chi connectivity index (χ1n) is 10.6. The van der Waals surface area contributed by atoms with Crippen LogP contribution in [0, 0.1) is 10.1 Å². The Morgan fingerprint density at radius 1 is 1.12 bits per heavy atom. The molecule has 0 aliphatic carbocycles. The minimum atomic E-state index is -0.425. The second-order valence-corrected chi connectivity index (χ2v) is 7.92. The summed E-state index contributed by atoms with van der Waals surface area (Å²) in [6.07, 6.45) is 0.675. The molecule has 166 valence electrons. The van der Waals surface area contributed by atoms with Crippen LogP contribution >= 0.6 is 0 Å². The molecular weight excluding hydrogens is 420 g/mol. The smallest absolute Gasteiger partial charge is 0.322 e. The SMILES string of the molecule is COc1ccc2[nH]c3c(c2c1)CCN(C(=O)Nc1ccccc1)C3c1ccc([N+](=O)[O-])cc1. The quantitative estimate of drug-likeness (QED) is 0.332. The summed E-state index contributed by atoms with van der Waals surface area (Å²) in [6, 6.07) is 20.9. The third-order valence-corrected chi connectivity index (χ3v) is 6.04. The molecule has 0 saturated heterocycles. The van der Waals surface area contributed by atoms with E-state index in [-0.39, 0.29) is 11.7 Å². The predicted octanol–water partition coefficient (Wildman–Crippen LogP) is 5.26. The van der Waals surface area contributed by atoms with E-state index in [1.54, 1.807) is 24.1 Å². The first kappa shape index (κ1) is 20.6. The number of para-hydroxylation sites is 1. The Labute approximate surface area is 189 Å². The van der Waals surface area contributed by atoms with Gasteiger partial charge < -0.3 is 19.9 Å². The van der Waals surface area contributed by atoms with Gasteiger partial charge in [-0.2, -0.15) is 0 Å². The summed E-state index contributed by atoms with van der Waals surface area (Å²) in [4.78, 5) is 29.3. The van der Waals surface area contributed by atoms with Crippen molar-refractivity contribution in [2.75, 3.05) is 19.0 Å². The van der Waals surface area contributed by atoms with Crippen LogP contribution in [-0.4, -0.2) is 34.5 Å². The van der Waals surface area contributed by atoms with Crippen LogP contribution in [0.15, 0.2) is 72.8 Å². The van der Waals surface area contributed by atoms with Crippen LogP contribution < -0.4 is 10.1 Å². The number of non-ortho nitro benzene ring substituents is 1. The number of aromatic amines is 1. The largest absolute Gasteiger partial charge is 0.497 e. The number of anilines is 1. The number of aromatic nitrogens is 1. The number of benzene rings is 3. The van der Waals surface area contributed by atoms with Crippen molar-refractivity contribution in [3.05, 3.63) is 99.7 Å². The normalized spacial score (nSPS) is 15.2. The van der Waals surface area contributed by atoms with E-state index >= 15 is 0 Å². The van der Waals surface area contributed by atoms with Crippen LogP contribution in [0.2, 0.25) is 0 Å². The highest BCUT2D eigenvalue weighted by Crippen LogP contribution is 2.40. The average Bonchev–Trinajstić information content (AvgIpc) is 3.22. The molecule has 0 fully saturated rings. The van der Waals surface area contributed by atoms with Crippen molar-refractivity contribution in [3.8, 4) is 5.75 Å². The van der Waals surface area contributed by atoms with E-state index in [0.717, 1.165) is 33.5 Å². The van der Waals surface area contributed by atoms with Gasteiger partial charge in [-0.15, -0.1) is 0 Å². The Kier molecular flexibility index (Phi) is 5.18. The van der Waals surface area contributed by atoms with Crippen molar-refractivity contribution in [2.24, 2.45) is 0 Å². The van der Waals surface area contributed by atoms with E-state index in [2.05, 4.69) is 10.3 Å². The molecule has 1 atom stereocenters.